The zero-order valence-electron chi connectivity index (χ0n) is 23.1. The predicted molar refractivity (Wildman–Crippen MR) is 158 cm³/mol. The Hall–Kier alpha value is -3.50. The van der Waals surface area contributed by atoms with Gasteiger partial charge in [0, 0.05) is 0 Å². The maximum atomic E-state index is 12.8. The van der Waals surface area contributed by atoms with Crippen LogP contribution >= 0.6 is 0 Å². The summed E-state index contributed by atoms with van der Waals surface area (Å²) in [5.74, 6) is 0.326. The van der Waals surface area contributed by atoms with Gasteiger partial charge in [-0.15, -0.1) is 0 Å². The highest BCUT2D eigenvalue weighted by Gasteiger charge is 2.22. The SMILES string of the molecule is Cc1ccc(S(=O)(=O)OCCC(CCOS(=O)(=O)c2ccc(C)cc2)c2ccccc2OCc2ccccc2)cc1. The first-order valence-electron chi connectivity index (χ1n) is 13.3. The van der Waals surface area contributed by atoms with E-state index < -0.39 is 20.2 Å². The van der Waals surface area contributed by atoms with Gasteiger partial charge < -0.3 is 4.74 Å². The van der Waals surface area contributed by atoms with Gasteiger partial charge in [0.25, 0.3) is 20.2 Å². The second-order valence-electron chi connectivity index (χ2n) is 9.76. The molecule has 7 nitrogen and oxygen atoms in total. The van der Waals surface area contributed by atoms with Crippen molar-refractivity contribution in [3.63, 3.8) is 0 Å². The fourth-order valence-electron chi connectivity index (χ4n) is 4.29. The zero-order valence-corrected chi connectivity index (χ0v) is 24.7. The summed E-state index contributed by atoms with van der Waals surface area (Å²) >= 11 is 0. The molecule has 0 aliphatic rings. The van der Waals surface area contributed by atoms with E-state index in [4.69, 9.17) is 13.1 Å². The van der Waals surface area contributed by atoms with Crippen LogP contribution in [0.1, 0.15) is 41.0 Å². The molecular formula is C32H34O7S2. The molecule has 4 rings (SSSR count). The van der Waals surface area contributed by atoms with Crippen molar-refractivity contribution in [1.82, 2.24) is 0 Å². The van der Waals surface area contributed by atoms with Gasteiger partial charge in [0.1, 0.15) is 12.4 Å². The van der Waals surface area contributed by atoms with Crippen LogP contribution in [0, 0.1) is 13.8 Å². The summed E-state index contributed by atoms with van der Waals surface area (Å²) in [6.45, 7) is 3.90. The van der Waals surface area contributed by atoms with Gasteiger partial charge in [-0.1, -0.05) is 83.9 Å². The van der Waals surface area contributed by atoms with E-state index in [-0.39, 0.29) is 28.9 Å². The number of benzene rings is 4. The molecule has 0 aliphatic heterocycles. The van der Waals surface area contributed by atoms with E-state index in [2.05, 4.69) is 0 Å². The van der Waals surface area contributed by atoms with Crippen LogP contribution in [0.3, 0.4) is 0 Å². The van der Waals surface area contributed by atoms with Crippen LogP contribution in [0.5, 0.6) is 5.75 Å². The van der Waals surface area contributed by atoms with E-state index >= 15 is 0 Å². The first-order valence-corrected chi connectivity index (χ1v) is 16.1. The van der Waals surface area contributed by atoms with Crippen molar-refractivity contribution in [2.24, 2.45) is 0 Å². The van der Waals surface area contributed by atoms with Crippen LogP contribution in [-0.2, 0) is 35.2 Å². The third-order valence-corrected chi connectivity index (χ3v) is 9.28. The van der Waals surface area contributed by atoms with Crippen LogP contribution in [0.15, 0.2) is 113 Å². The highest BCUT2D eigenvalue weighted by Crippen LogP contribution is 2.33. The van der Waals surface area contributed by atoms with Gasteiger partial charge in [-0.3, -0.25) is 8.37 Å². The summed E-state index contributed by atoms with van der Waals surface area (Å²) in [5, 5.41) is 0. The minimum atomic E-state index is -3.95. The van der Waals surface area contributed by atoms with E-state index in [1.54, 1.807) is 24.3 Å². The molecule has 0 atom stereocenters. The molecule has 216 valence electrons. The van der Waals surface area contributed by atoms with Crippen LogP contribution in [-0.4, -0.2) is 30.0 Å². The van der Waals surface area contributed by atoms with Gasteiger partial charge in [0.05, 0.1) is 23.0 Å². The maximum absolute atomic E-state index is 12.8. The lowest BCUT2D eigenvalue weighted by Crippen LogP contribution is -2.14. The van der Waals surface area contributed by atoms with Crippen molar-refractivity contribution in [3.05, 3.63) is 125 Å². The Bertz CT molecular complexity index is 1530. The molecule has 0 spiro atoms. The lowest BCUT2D eigenvalue weighted by molar-refractivity contribution is 0.261. The lowest BCUT2D eigenvalue weighted by atomic mass is 9.92. The monoisotopic (exact) mass is 594 g/mol. The summed E-state index contributed by atoms with van der Waals surface area (Å²) in [6.07, 6.45) is 0.593. The molecule has 4 aromatic rings. The van der Waals surface area contributed by atoms with Crippen LogP contribution in [0.2, 0.25) is 0 Å². The zero-order chi connectivity index (χ0) is 29.3. The van der Waals surface area contributed by atoms with Crippen molar-refractivity contribution in [1.29, 1.82) is 0 Å². The standard InChI is InChI=1S/C32H34O7S2/c1-25-12-16-29(17-13-25)40(33,34)38-22-20-28(21-23-39-41(35,36)30-18-14-26(2)15-19-30)31-10-6-7-11-32(31)37-24-27-8-4-3-5-9-27/h3-19,28H,20-24H2,1-2H3. The number of hydrogen-bond acceptors (Lipinski definition) is 7. The summed E-state index contributed by atoms with van der Waals surface area (Å²) < 4.78 is 67.9. The first-order chi connectivity index (χ1) is 19.6. The molecule has 0 saturated heterocycles. The van der Waals surface area contributed by atoms with E-state index in [1.165, 1.54) is 24.3 Å². The van der Waals surface area contributed by atoms with Gasteiger partial charge in [-0.05, 0) is 74.1 Å². The highest BCUT2D eigenvalue weighted by molar-refractivity contribution is 7.87. The fourth-order valence-corrected chi connectivity index (χ4v) is 6.13. The lowest BCUT2D eigenvalue weighted by Gasteiger charge is -2.21. The van der Waals surface area contributed by atoms with Crippen molar-refractivity contribution in [2.75, 3.05) is 13.2 Å². The summed E-state index contributed by atoms with van der Waals surface area (Å²) in [5.41, 5.74) is 3.70. The quantitative estimate of drug-likeness (QED) is 0.153. The molecule has 4 aromatic carbocycles. The minimum Gasteiger partial charge on any atom is -0.489 e. The average molecular weight is 595 g/mol. The molecular weight excluding hydrogens is 560 g/mol. The molecule has 0 radical (unpaired) electrons. The average Bonchev–Trinajstić information content (AvgIpc) is 2.96. The van der Waals surface area contributed by atoms with Gasteiger partial charge >= 0.3 is 0 Å². The summed E-state index contributed by atoms with van der Waals surface area (Å²) in [7, 11) is -7.91. The van der Waals surface area contributed by atoms with Crippen molar-refractivity contribution >= 4 is 20.2 Å². The van der Waals surface area contributed by atoms with Crippen LogP contribution in [0.25, 0.3) is 0 Å². The van der Waals surface area contributed by atoms with E-state index in [0.29, 0.717) is 25.2 Å². The Morgan fingerprint density at radius 3 is 1.56 bits per heavy atom. The second-order valence-corrected chi connectivity index (χ2v) is 13.0. The number of rotatable bonds is 14. The van der Waals surface area contributed by atoms with E-state index in [1.807, 2.05) is 68.4 Å². The Balaban J connectivity index is 1.49. The van der Waals surface area contributed by atoms with Gasteiger partial charge in [0.15, 0.2) is 0 Å². The van der Waals surface area contributed by atoms with Gasteiger partial charge in [-0.25, -0.2) is 0 Å². The van der Waals surface area contributed by atoms with Crippen molar-refractivity contribution in [3.8, 4) is 5.75 Å². The molecule has 9 heteroatoms. The molecule has 0 fully saturated rings. The summed E-state index contributed by atoms with van der Waals surface area (Å²) in [6, 6.07) is 30.1. The minimum absolute atomic E-state index is 0.0822. The molecule has 0 aromatic heterocycles. The third kappa shape index (κ3) is 8.74. The van der Waals surface area contributed by atoms with Gasteiger partial charge in [0.2, 0.25) is 0 Å². The Kier molecular flexibility index (Phi) is 10.3. The number of aryl methyl sites for hydroxylation is 2. The van der Waals surface area contributed by atoms with E-state index in [0.717, 1.165) is 22.3 Å². The first kappa shape index (κ1) is 30.5. The number of hydrogen-bond donors (Lipinski definition) is 0. The van der Waals surface area contributed by atoms with Crippen LogP contribution < -0.4 is 4.74 Å². The normalized spacial score (nSPS) is 12.0. The smallest absolute Gasteiger partial charge is 0.296 e. The number of ether oxygens (including phenoxy) is 1. The van der Waals surface area contributed by atoms with Crippen molar-refractivity contribution in [2.45, 2.75) is 49.0 Å². The Morgan fingerprint density at radius 2 is 1.05 bits per heavy atom. The highest BCUT2D eigenvalue weighted by atomic mass is 32.2. The summed E-state index contributed by atoms with van der Waals surface area (Å²) in [4.78, 5) is 0.164. The topological polar surface area (TPSA) is 96.0 Å². The molecule has 0 aliphatic carbocycles. The van der Waals surface area contributed by atoms with E-state index in [9.17, 15) is 16.8 Å². The molecule has 0 saturated carbocycles. The largest absolute Gasteiger partial charge is 0.489 e. The van der Waals surface area contributed by atoms with Crippen molar-refractivity contribution < 1.29 is 29.9 Å². The predicted octanol–water partition coefficient (Wildman–Crippen LogP) is 6.56. The maximum Gasteiger partial charge on any atom is 0.296 e. The molecule has 0 bridgehead atoms. The molecule has 0 amide bonds. The number of para-hydroxylation sites is 1. The molecule has 0 heterocycles. The molecule has 0 N–H and O–H groups in total. The molecule has 41 heavy (non-hydrogen) atoms. The van der Waals surface area contributed by atoms with Crippen LogP contribution in [0.4, 0.5) is 0 Å². The van der Waals surface area contributed by atoms with Gasteiger partial charge in [-0.2, -0.15) is 16.8 Å². The second kappa shape index (κ2) is 13.9. The Morgan fingerprint density at radius 1 is 0.585 bits per heavy atom. The third-order valence-electron chi connectivity index (χ3n) is 6.62. The Labute approximate surface area is 243 Å². The molecule has 0 unspecified atom stereocenters. The fraction of sp³-hybridized carbons (Fsp3) is 0.250.